The molecule has 2 aliphatic rings. The first kappa shape index (κ1) is 22.8. The summed E-state index contributed by atoms with van der Waals surface area (Å²) in [4.78, 5) is 17.5. The first-order valence-corrected chi connectivity index (χ1v) is 12.3. The van der Waals surface area contributed by atoms with Crippen LogP contribution in [0.5, 0.6) is 0 Å². The molecular formula is C23H28FN3O4S. The minimum absolute atomic E-state index is 0.0225. The molecule has 32 heavy (non-hydrogen) atoms. The summed E-state index contributed by atoms with van der Waals surface area (Å²) in [6, 6.07) is 14.1. The van der Waals surface area contributed by atoms with Crippen molar-refractivity contribution in [3.8, 4) is 0 Å². The molecule has 2 aliphatic heterocycles. The summed E-state index contributed by atoms with van der Waals surface area (Å²) in [7, 11) is -3.73. The van der Waals surface area contributed by atoms with Crippen LogP contribution in [0, 0.1) is 5.82 Å². The fraction of sp³-hybridized carbons (Fsp3) is 0.435. The largest absolute Gasteiger partial charge is 0.378 e. The van der Waals surface area contributed by atoms with E-state index < -0.39 is 21.9 Å². The van der Waals surface area contributed by atoms with Crippen LogP contribution in [0.3, 0.4) is 0 Å². The Kier molecular flexibility index (Phi) is 7.20. The summed E-state index contributed by atoms with van der Waals surface area (Å²) in [5.74, 6) is -0.451. The zero-order valence-corrected chi connectivity index (χ0v) is 18.7. The molecule has 2 aromatic rings. The molecule has 9 heteroatoms. The molecule has 7 nitrogen and oxygen atoms in total. The van der Waals surface area contributed by atoms with Crippen molar-refractivity contribution in [2.75, 3.05) is 52.5 Å². The lowest BCUT2D eigenvalue weighted by molar-refractivity contribution is -0.141. The third kappa shape index (κ3) is 5.01. The SMILES string of the molecule is O=C(C(c1ccccc1)N1CCCN(S(=O)(=O)c2ccc(F)cc2)CC1)N1CCOCC1. The molecule has 0 aromatic heterocycles. The van der Waals surface area contributed by atoms with E-state index in [1.807, 2.05) is 35.2 Å². The number of carbonyl (C=O) groups excluding carboxylic acids is 1. The van der Waals surface area contributed by atoms with Gasteiger partial charge in [-0.2, -0.15) is 4.31 Å². The highest BCUT2D eigenvalue weighted by atomic mass is 32.2. The zero-order valence-electron chi connectivity index (χ0n) is 17.9. The Balaban J connectivity index is 1.54. The molecule has 2 aromatic carbocycles. The van der Waals surface area contributed by atoms with Gasteiger partial charge in [0, 0.05) is 39.3 Å². The van der Waals surface area contributed by atoms with Gasteiger partial charge in [-0.15, -0.1) is 0 Å². The normalized spacial score (nSPS) is 20.0. The summed E-state index contributed by atoms with van der Waals surface area (Å²) in [6.45, 7) is 3.81. The molecule has 0 N–H and O–H groups in total. The molecule has 4 rings (SSSR count). The van der Waals surface area contributed by atoms with Crippen LogP contribution in [-0.4, -0.2) is 80.9 Å². The minimum Gasteiger partial charge on any atom is -0.378 e. The van der Waals surface area contributed by atoms with Crippen LogP contribution in [0.4, 0.5) is 4.39 Å². The number of carbonyl (C=O) groups is 1. The molecule has 0 aliphatic carbocycles. The van der Waals surface area contributed by atoms with E-state index in [4.69, 9.17) is 4.74 Å². The predicted molar refractivity (Wildman–Crippen MR) is 118 cm³/mol. The number of ether oxygens (including phenoxy) is 1. The Morgan fingerprint density at radius 2 is 1.56 bits per heavy atom. The molecule has 0 spiro atoms. The Bertz CT molecular complexity index is 1010. The summed E-state index contributed by atoms with van der Waals surface area (Å²) < 4.78 is 46.2. The predicted octanol–water partition coefficient (Wildman–Crippen LogP) is 2.12. The smallest absolute Gasteiger partial charge is 0.244 e. The van der Waals surface area contributed by atoms with Gasteiger partial charge in [-0.05, 0) is 36.2 Å². The first-order chi connectivity index (χ1) is 15.5. The van der Waals surface area contributed by atoms with Gasteiger partial charge in [0.1, 0.15) is 11.9 Å². The fourth-order valence-electron chi connectivity index (χ4n) is 4.27. The quantitative estimate of drug-likeness (QED) is 0.682. The third-order valence-electron chi connectivity index (χ3n) is 5.98. The second kappa shape index (κ2) is 10.1. The molecule has 2 saturated heterocycles. The van der Waals surface area contributed by atoms with Gasteiger partial charge >= 0.3 is 0 Å². The van der Waals surface area contributed by atoms with Gasteiger partial charge in [-0.1, -0.05) is 30.3 Å². The van der Waals surface area contributed by atoms with Gasteiger partial charge in [-0.3, -0.25) is 9.69 Å². The maximum atomic E-state index is 13.5. The van der Waals surface area contributed by atoms with Crippen molar-refractivity contribution in [3.63, 3.8) is 0 Å². The van der Waals surface area contributed by atoms with Crippen LogP contribution in [0.25, 0.3) is 0 Å². The summed E-state index contributed by atoms with van der Waals surface area (Å²) in [6.07, 6.45) is 0.597. The standard InChI is InChI=1S/C23H28FN3O4S/c24-20-7-9-21(10-8-20)32(29,30)27-12-4-11-25(13-14-27)22(19-5-2-1-3-6-19)23(28)26-15-17-31-18-16-26/h1-3,5-10,22H,4,11-18H2. The molecule has 1 amide bonds. The van der Waals surface area contributed by atoms with Gasteiger partial charge in [0.25, 0.3) is 0 Å². The maximum Gasteiger partial charge on any atom is 0.244 e. The van der Waals surface area contributed by atoms with E-state index in [2.05, 4.69) is 4.90 Å². The van der Waals surface area contributed by atoms with E-state index in [0.717, 1.165) is 17.7 Å². The number of benzene rings is 2. The van der Waals surface area contributed by atoms with E-state index in [-0.39, 0.29) is 17.3 Å². The van der Waals surface area contributed by atoms with Gasteiger partial charge in [0.15, 0.2) is 0 Å². The fourth-order valence-corrected chi connectivity index (χ4v) is 5.74. The highest BCUT2D eigenvalue weighted by Gasteiger charge is 2.35. The number of morpholine rings is 1. The second-order valence-electron chi connectivity index (χ2n) is 8.00. The highest BCUT2D eigenvalue weighted by molar-refractivity contribution is 7.89. The van der Waals surface area contributed by atoms with Crippen molar-refractivity contribution in [3.05, 3.63) is 66.0 Å². The van der Waals surface area contributed by atoms with Gasteiger partial charge in [0.05, 0.1) is 18.1 Å². The molecule has 0 radical (unpaired) electrons. The molecule has 172 valence electrons. The molecule has 0 saturated carbocycles. The second-order valence-corrected chi connectivity index (χ2v) is 9.94. The van der Waals surface area contributed by atoms with E-state index >= 15 is 0 Å². The van der Waals surface area contributed by atoms with E-state index in [1.165, 1.54) is 16.4 Å². The zero-order chi connectivity index (χ0) is 22.6. The van der Waals surface area contributed by atoms with Crippen LogP contribution < -0.4 is 0 Å². The molecule has 1 unspecified atom stereocenters. The summed E-state index contributed by atoms with van der Waals surface area (Å²) in [5.41, 5.74) is 0.902. The van der Waals surface area contributed by atoms with Crippen molar-refractivity contribution in [2.45, 2.75) is 17.4 Å². The van der Waals surface area contributed by atoms with Crippen LogP contribution >= 0.6 is 0 Å². The Morgan fingerprint density at radius 1 is 0.875 bits per heavy atom. The average Bonchev–Trinajstić information content (AvgIpc) is 3.08. The number of halogens is 1. The van der Waals surface area contributed by atoms with Crippen LogP contribution in [0.2, 0.25) is 0 Å². The number of nitrogens with zero attached hydrogens (tertiary/aromatic N) is 3. The lowest BCUT2D eigenvalue weighted by atomic mass is 10.0. The lowest BCUT2D eigenvalue weighted by Crippen LogP contribution is -2.48. The third-order valence-corrected chi connectivity index (χ3v) is 7.89. The summed E-state index contributed by atoms with van der Waals surface area (Å²) in [5, 5.41) is 0. The van der Waals surface area contributed by atoms with Crippen LogP contribution in [-0.2, 0) is 19.6 Å². The Labute approximate surface area is 188 Å². The molecule has 2 fully saturated rings. The average molecular weight is 462 g/mol. The maximum absolute atomic E-state index is 13.5. The van der Waals surface area contributed by atoms with Gasteiger partial charge < -0.3 is 9.64 Å². The number of sulfonamides is 1. The Morgan fingerprint density at radius 3 is 2.25 bits per heavy atom. The van der Waals surface area contributed by atoms with Gasteiger partial charge in [-0.25, -0.2) is 12.8 Å². The van der Waals surface area contributed by atoms with E-state index in [9.17, 15) is 17.6 Å². The number of amides is 1. The summed E-state index contributed by atoms with van der Waals surface area (Å²) >= 11 is 0. The molecule has 0 bridgehead atoms. The lowest BCUT2D eigenvalue weighted by Gasteiger charge is -2.36. The first-order valence-electron chi connectivity index (χ1n) is 10.9. The monoisotopic (exact) mass is 461 g/mol. The number of hydrogen-bond donors (Lipinski definition) is 0. The number of rotatable bonds is 5. The van der Waals surface area contributed by atoms with Crippen molar-refractivity contribution < 1.29 is 22.3 Å². The van der Waals surface area contributed by atoms with Crippen molar-refractivity contribution in [1.82, 2.24) is 14.1 Å². The van der Waals surface area contributed by atoms with Crippen molar-refractivity contribution >= 4 is 15.9 Å². The van der Waals surface area contributed by atoms with Crippen LogP contribution in [0.15, 0.2) is 59.5 Å². The van der Waals surface area contributed by atoms with Gasteiger partial charge in [0.2, 0.25) is 15.9 Å². The number of hydrogen-bond acceptors (Lipinski definition) is 5. The topological polar surface area (TPSA) is 70.2 Å². The molecular weight excluding hydrogens is 433 g/mol. The molecule has 1 atom stereocenters. The van der Waals surface area contributed by atoms with Crippen molar-refractivity contribution in [1.29, 1.82) is 0 Å². The molecule has 2 heterocycles. The van der Waals surface area contributed by atoms with Crippen LogP contribution in [0.1, 0.15) is 18.0 Å². The van der Waals surface area contributed by atoms with E-state index in [1.54, 1.807) is 0 Å². The van der Waals surface area contributed by atoms with Crippen molar-refractivity contribution in [2.24, 2.45) is 0 Å². The minimum atomic E-state index is -3.73. The van der Waals surface area contributed by atoms with E-state index in [0.29, 0.717) is 52.4 Å². The Hall–Kier alpha value is -2.33. The highest BCUT2D eigenvalue weighted by Crippen LogP contribution is 2.27.